The maximum absolute atomic E-state index is 6.34. The Kier molecular flexibility index (Phi) is 7.40. The van der Waals surface area contributed by atoms with Gasteiger partial charge in [0, 0.05) is 38.5 Å². The lowest BCUT2D eigenvalue weighted by molar-refractivity contribution is 0.281. The van der Waals surface area contributed by atoms with Gasteiger partial charge in [0.2, 0.25) is 5.88 Å². The molecule has 4 heterocycles. The third-order valence-electron chi connectivity index (χ3n) is 6.78. The Labute approximate surface area is 213 Å². The van der Waals surface area contributed by atoms with Crippen LogP contribution in [0.15, 0.2) is 41.1 Å². The van der Waals surface area contributed by atoms with Gasteiger partial charge in [-0.3, -0.25) is 0 Å². The normalized spacial score (nSPS) is 13.4. The Morgan fingerprint density at radius 1 is 1.19 bits per heavy atom. The van der Waals surface area contributed by atoms with Gasteiger partial charge in [-0.05, 0) is 49.7 Å². The Morgan fingerprint density at radius 3 is 2.69 bits per heavy atom. The summed E-state index contributed by atoms with van der Waals surface area (Å²) in [7, 11) is 0.311. The van der Waals surface area contributed by atoms with Gasteiger partial charge in [-0.2, -0.15) is 0 Å². The fourth-order valence-electron chi connectivity index (χ4n) is 3.65. The van der Waals surface area contributed by atoms with E-state index in [2.05, 4.69) is 60.9 Å². The van der Waals surface area contributed by atoms with Crippen LogP contribution in [0.4, 0.5) is 5.82 Å². The van der Waals surface area contributed by atoms with E-state index in [-0.39, 0.29) is 11.1 Å². The highest BCUT2D eigenvalue weighted by Gasteiger charge is 2.36. The molecule has 0 aliphatic carbocycles. The largest absolute Gasteiger partial charge is 0.475 e. The molecule has 0 bridgehead atoms. The smallest absolute Gasteiger partial charge is 0.231 e. The lowest BCUT2D eigenvalue weighted by atomic mass is 10.2. The first-order valence-electron chi connectivity index (χ1n) is 12.4. The molecule has 0 aromatic carbocycles. The van der Waals surface area contributed by atoms with E-state index in [0.717, 1.165) is 42.1 Å². The van der Waals surface area contributed by atoms with Crippen LogP contribution in [-0.4, -0.2) is 60.7 Å². The van der Waals surface area contributed by atoms with Crippen molar-refractivity contribution in [3.8, 4) is 17.3 Å². The lowest BCUT2D eigenvalue weighted by Crippen LogP contribution is -2.41. The maximum atomic E-state index is 6.34. The number of ether oxygens (including phenoxy) is 1. The number of hydrogen-bond acceptors (Lipinski definition) is 8. The van der Waals surface area contributed by atoms with Crippen molar-refractivity contribution in [1.29, 1.82) is 0 Å². The van der Waals surface area contributed by atoms with Crippen molar-refractivity contribution in [1.82, 2.24) is 19.6 Å². The minimum atomic E-state index is -1.74. The zero-order chi connectivity index (χ0) is 26.1. The molecule has 4 rings (SSSR count). The number of nitrogens with two attached hydrogens (primary N) is 1. The van der Waals surface area contributed by atoms with Crippen LogP contribution in [0, 0.1) is 0 Å². The molecule has 0 fully saturated rings. The topological polar surface area (TPSA) is 104 Å². The van der Waals surface area contributed by atoms with Gasteiger partial charge in [0.25, 0.3) is 0 Å². The predicted octanol–water partition coefficient (Wildman–Crippen LogP) is 5.11. The molecule has 0 spiro atoms. The van der Waals surface area contributed by atoms with E-state index in [1.807, 2.05) is 25.1 Å². The highest BCUT2D eigenvalue weighted by molar-refractivity contribution is 6.74. The van der Waals surface area contributed by atoms with E-state index in [1.54, 1.807) is 23.0 Å². The molecule has 2 N–H and O–H groups in total. The Bertz CT molecular complexity index is 1320. The second-order valence-electron chi connectivity index (χ2n) is 10.9. The van der Waals surface area contributed by atoms with Crippen LogP contribution in [0.2, 0.25) is 18.1 Å². The van der Waals surface area contributed by atoms with Crippen LogP contribution >= 0.6 is 0 Å². The van der Waals surface area contributed by atoms with Crippen molar-refractivity contribution in [3.63, 3.8) is 0 Å². The molecule has 9 nitrogen and oxygen atoms in total. The molecule has 194 valence electrons. The number of imidazole rings is 1. The number of anilines is 1. The third-order valence-corrected chi connectivity index (χ3v) is 11.3. The highest BCUT2D eigenvalue weighted by Crippen LogP contribution is 2.37. The Balaban J connectivity index is 1.52. The maximum Gasteiger partial charge on any atom is 0.231 e. The van der Waals surface area contributed by atoms with Gasteiger partial charge >= 0.3 is 0 Å². The molecule has 1 atom stereocenters. The number of hydrogen-bond donors (Lipinski definition) is 1. The van der Waals surface area contributed by atoms with E-state index in [9.17, 15) is 0 Å². The second kappa shape index (κ2) is 10.2. The van der Waals surface area contributed by atoms with E-state index in [4.69, 9.17) is 19.3 Å². The van der Waals surface area contributed by atoms with Gasteiger partial charge in [0.1, 0.15) is 23.7 Å². The zero-order valence-electron chi connectivity index (χ0n) is 22.4. The molecule has 0 amide bonds. The van der Waals surface area contributed by atoms with E-state index >= 15 is 0 Å². The van der Waals surface area contributed by atoms with Crippen molar-refractivity contribution in [2.24, 2.45) is 5.73 Å². The summed E-state index contributed by atoms with van der Waals surface area (Å²) >= 11 is 0. The van der Waals surface area contributed by atoms with Crippen LogP contribution in [0.3, 0.4) is 0 Å². The van der Waals surface area contributed by atoms with Crippen LogP contribution in [0.1, 0.15) is 34.1 Å². The van der Waals surface area contributed by atoms with Crippen molar-refractivity contribution in [2.75, 3.05) is 31.7 Å². The highest BCUT2D eigenvalue weighted by atomic mass is 28.4. The summed E-state index contributed by atoms with van der Waals surface area (Å²) in [5.41, 5.74) is 8.01. The van der Waals surface area contributed by atoms with Gasteiger partial charge in [-0.15, -0.1) is 5.10 Å². The van der Waals surface area contributed by atoms with Crippen LogP contribution in [-0.2, 0) is 4.43 Å². The monoisotopic (exact) mass is 510 g/mol. The number of aromatic nitrogens is 4. The van der Waals surface area contributed by atoms with Gasteiger partial charge in [-0.25, -0.2) is 14.5 Å². The first kappa shape index (κ1) is 26.1. The number of pyridine rings is 1. The van der Waals surface area contributed by atoms with E-state index in [0.29, 0.717) is 23.9 Å². The fraction of sp³-hybridized carbons (Fsp3) is 0.500. The third kappa shape index (κ3) is 5.55. The van der Waals surface area contributed by atoms with Gasteiger partial charge in [0.15, 0.2) is 19.7 Å². The molecule has 0 saturated carbocycles. The first-order chi connectivity index (χ1) is 17.0. The predicted molar refractivity (Wildman–Crippen MR) is 146 cm³/mol. The van der Waals surface area contributed by atoms with E-state index < -0.39 is 8.32 Å². The number of rotatable bonds is 10. The minimum absolute atomic E-state index is 0.0818. The molecule has 0 saturated heterocycles. The van der Waals surface area contributed by atoms with Crippen molar-refractivity contribution in [2.45, 2.75) is 58.3 Å². The Hall–Kier alpha value is -2.95. The molecule has 0 aliphatic rings. The van der Waals surface area contributed by atoms with Crippen LogP contribution in [0.5, 0.6) is 5.88 Å². The molecule has 4 aromatic rings. The number of furan rings is 1. The standard InChI is InChI=1S/C26H38N6O3Si/c1-18(27)17-33-24-10-9-23-29-16-20(32(23)30-24)22-15-19-21(35-22)11-12-28-25(19)31(5)13-8-14-34-36(6,7)26(2,3)4/h9-12,15-16,18H,8,13-14,17,27H2,1-7H3/t18-/m0/s1. The zero-order valence-corrected chi connectivity index (χ0v) is 23.4. The fourth-order valence-corrected chi connectivity index (χ4v) is 4.74. The second-order valence-corrected chi connectivity index (χ2v) is 15.7. The first-order valence-corrected chi connectivity index (χ1v) is 15.3. The van der Waals surface area contributed by atoms with Gasteiger partial charge in [0.05, 0.1) is 11.6 Å². The molecular formula is C26H38N6O3Si. The number of fused-ring (bicyclic) bond motifs is 2. The van der Waals surface area contributed by atoms with Crippen molar-refractivity contribution < 1.29 is 13.6 Å². The summed E-state index contributed by atoms with van der Waals surface area (Å²) in [5.74, 6) is 2.02. The average Bonchev–Trinajstić information content (AvgIpc) is 3.42. The summed E-state index contributed by atoms with van der Waals surface area (Å²) in [4.78, 5) is 11.3. The summed E-state index contributed by atoms with van der Waals surface area (Å²) in [5, 5.41) is 5.73. The van der Waals surface area contributed by atoms with Gasteiger partial charge < -0.3 is 24.2 Å². The molecule has 0 radical (unpaired) electrons. The minimum Gasteiger partial charge on any atom is -0.475 e. The summed E-state index contributed by atoms with van der Waals surface area (Å²) in [6, 6.07) is 7.45. The van der Waals surface area contributed by atoms with Crippen molar-refractivity contribution >= 4 is 30.8 Å². The SMILES string of the molecule is C[C@H](N)COc1ccc2ncc(-c3cc4c(N(C)CCCO[Si](C)(C)C(C)(C)C)nccc4o3)n2n1. The summed E-state index contributed by atoms with van der Waals surface area (Å²) in [6.07, 6.45) is 4.46. The lowest BCUT2D eigenvalue weighted by Gasteiger charge is -2.36. The van der Waals surface area contributed by atoms with E-state index in [1.165, 1.54) is 0 Å². The summed E-state index contributed by atoms with van der Waals surface area (Å²) < 4.78 is 20.0. The Morgan fingerprint density at radius 2 is 1.97 bits per heavy atom. The van der Waals surface area contributed by atoms with Gasteiger partial charge in [-0.1, -0.05) is 20.8 Å². The van der Waals surface area contributed by atoms with Crippen LogP contribution in [0.25, 0.3) is 28.1 Å². The molecular weight excluding hydrogens is 472 g/mol. The molecule has 4 aromatic heterocycles. The van der Waals surface area contributed by atoms with Crippen LogP contribution < -0.4 is 15.4 Å². The number of nitrogens with zero attached hydrogens (tertiary/aromatic N) is 5. The summed E-state index contributed by atoms with van der Waals surface area (Å²) in [6.45, 7) is 15.2. The molecule has 36 heavy (non-hydrogen) atoms. The average molecular weight is 511 g/mol. The molecule has 10 heteroatoms. The molecule has 0 aliphatic heterocycles. The van der Waals surface area contributed by atoms with Crippen molar-refractivity contribution in [3.05, 3.63) is 36.7 Å². The molecule has 0 unspecified atom stereocenters. The quantitative estimate of drug-likeness (QED) is 0.232.